The Morgan fingerprint density at radius 1 is 0.949 bits per heavy atom. The Morgan fingerprint density at radius 3 is 2.23 bits per heavy atom. The zero-order valence-electron chi connectivity index (χ0n) is 21.5. The van der Waals surface area contributed by atoms with Crippen LogP contribution in [0.1, 0.15) is 12.6 Å². The lowest BCUT2D eigenvalue weighted by Crippen LogP contribution is -2.28. The Morgan fingerprint density at radius 2 is 1.64 bits per heavy atom. The Balaban J connectivity index is 1.83. The lowest BCUT2D eigenvalue weighted by Gasteiger charge is -2.15. The van der Waals surface area contributed by atoms with E-state index in [4.69, 9.17) is 14.2 Å². The molecule has 4 rings (SSSR count). The van der Waals surface area contributed by atoms with Gasteiger partial charge in [-0.1, -0.05) is 0 Å². The minimum Gasteiger partial charge on any atom is -0.493 e. The molecular formula is C26H25F3N6O4. The molecule has 3 heterocycles. The van der Waals surface area contributed by atoms with E-state index in [0.29, 0.717) is 46.0 Å². The third-order valence-electron chi connectivity index (χ3n) is 5.63. The SMILES string of the molecule is CCNC(=O)Nc1cc(-n2ccc(C(F)(F)F)n2)c(-c2cncc(-c3cc(OC)c(OC)c(OC)c3)c2)cn1. The van der Waals surface area contributed by atoms with E-state index < -0.39 is 17.9 Å². The van der Waals surface area contributed by atoms with E-state index in [1.165, 1.54) is 39.8 Å². The zero-order valence-corrected chi connectivity index (χ0v) is 21.5. The topological polar surface area (TPSA) is 112 Å². The summed E-state index contributed by atoms with van der Waals surface area (Å²) in [6.07, 6.45) is 1.16. The molecule has 4 aromatic rings. The number of carbonyl (C=O) groups excluding carboxylic acids is 1. The summed E-state index contributed by atoms with van der Waals surface area (Å²) in [4.78, 5) is 20.6. The molecule has 0 saturated heterocycles. The summed E-state index contributed by atoms with van der Waals surface area (Å²) in [7, 11) is 4.51. The van der Waals surface area contributed by atoms with Gasteiger partial charge >= 0.3 is 12.2 Å². The minimum atomic E-state index is -4.63. The van der Waals surface area contributed by atoms with E-state index in [2.05, 4.69) is 25.7 Å². The number of alkyl halides is 3. The van der Waals surface area contributed by atoms with Gasteiger partial charge in [0.05, 0.1) is 27.0 Å². The second kappa shape index (κ2) is 11.3. The second-order valence-corrected chi connectivity index (χ2v) is 8.09. The zero-order chi connectivity index (χ0) is 28.2. The molecule has 0 aliphatic rings. The smallest absolute Gasteiger partial charge is 0.435 e. The molecule has 10 nitrogen and oxygen atoms in total. The molecule has 39 heavy (non-hydrogen) atoms. The Kier molecular flexibility index (Phi) is 7.88. The van der Waals surface area contributed by atoms with Crippen LogP contribution in [0.3, 0.4) is 0 Å². The summed E-state index contributed by atoms with van der Waals surface area (Å²) in [5.74, 6) is 1.43. The van der Waals surface area contributed by atoms with Crippen molar-refractivity contribution >= 4 is 11.8 Å². The van der Waals surface area contributed by atoms with Crippen LogP contribution in [0.5, 0.6) is 17.2 Å². The van der Waals surface area contributed by atoms with Crippen molar-refractivity contribution in [1.82, 2.24) is 25.1 Å². The number of aromatic nitrogens is 4. The van der Waals surface area contributed by atoms with Gasteiger partial charge < -0.3 is 19.5 Å². The number of hydrogen-bond acceptors (Lipinski definition) is 7. The summed E-state index contributed by atoms with van der Waals surface area (Å²) >= 11 is 0. The van der Waals surface area contributed by atoms with Crippen LogP contribution in [-0.4, -0.2) is 53.7 Å². The third kappa shape index (κ3) is 5.87. The van der Waals surface area contributed by atoms with Gasteiger partial charge in [0.1, 0.15) is 5.82 Å². The molecule has 204 valence electrons. The fourth-order valence-electron chi connectivity index (χ4n) is 3.85. The van der Waals surface area contributed by atoms with Crippen molar-refractivity contribution in [3.05, 3.63) is 60.8 Å². The van der Waals surface area contributed by atoms with E-state index in [-0.39, 0.29) is 11.5 Å². The number of pyridine rings is 2. The number of rotatable bonds is 8. The van der Waals surface area contributed by atoms with Gasteiger partial charge in [0.15, 0.2) is 17.2 Å². The maximum atomic E-state index is 13.3. The monoisotopic (exact) mass is 542 g/mol. The third-order valence-corrected chi connectivity index (χ3v) is 5.63. The van der Waals surface area contributed by atoms with Crippen molar-refractivity contribution in [2.45, 2.75) is 13.1 Å². The van der Waals surface area contributed by atoms with Gasteiger partial charge in [0, 0.05) is 54.1 Å². The van der Waals surface area contributed by atoms with Gasteiger partial charge in [-0.05, 0) is 36.8 Å². The van der Waals surface area contributed by atoms with E-state index in [1.807, 2.05) is 0 Å². The van der Waals surface area contributed by atoms with Gasteiger partial charge in [0.25, 0.3) is 0 Å². The number of halogens is 3. The molecule has 0 radical (unpaired) electrons. The molecule has 1 aromatic carbocycles. The predicted molar refractivity (Wildman–Crippen MR) is 137 cm³/mol. The van der Waals surface area contributed by atoms with Crippen LogP contribution in [0.4, 0.5) is 23.8 Å². The molecule has 3 aromatic heterocycles. The standard InChI is InChI=1S/C26H25F3N6O4/c1-5-31-25(36)33-23-11-19(35-7-6-22(34-35)26(27,28)29)18(14-32-23)17-8-16(12-30-13-17)15-9-20(37-2)24(39-4)21(10-15)38-3/h6-14H,5H2,1-4H3,(H2,31,32,33,36). The highest BCUT2D eigenvalue weighted by molar-refractivity contribution is 5.89. The molecule has 2 amide bonds. The fourth-order valence-corrected chi connectivity index (χ4v) is 3.85. The average Bonchev–Trinajstić information content (AvgIpc) is 3.43. The molecule has 0 unspecified atom stereocenters. The normalized spacial score (nSPS) is 11.2. The van der Waals surface area contributed by atoms with Crippen molar-refractivity contribution in [1.29, 1.82) is 0 Å². The predicted octanol–water partition coefficient (Wildman–Crippen LogP) is 5.18. The molecule has 0 atom stereocenters. The molecule has 0 aliphatic carbocycles. The number of nitrogens with zero attached hydrogens (tertiary/aromatic N) is 4. The Labute approximate surface area is 221 Å². The van der Waals surface area contributed by atoms with Crippen molar-refractivity contribution in [2.75, 3.05) is 33.2 Å². The summed E-state index contributed by atoms with van der Waals surface area (Å²) in [5.41, 5.74) is 1.51. The van der Waals surface area contributed by atoms with E-state index in [0.717, 1.165) is 10.7 Å². The van der Waals surface area contributed by atoms with Crippen LogP contribution < -0.4 is 24.8 Å². The number of benzene rings is 1. The van der Waals surface area contributed by atoms with Crippen LogP contribution in [-0.2, 0) is 6.18 Å². The van der Waals surface area contributed by atoms with Crippen molar-refractivity contribution in [3.63, 3.8) is 0 Å². The first-order chi connectivity index (χ1) is 18.7. The number of urea groups is 1. The summed E-state index contributed by atoms with van der Waals surface area (Å²) < 4.78 is 57.3. The number of anilines is 1. The molecule has 2 N–H and O–H groups in total. The van der Waals surface area contributed by atoms with E-state index >= 15 is 0 Å². The Hall–Kier alpha value is -4.81. The first-order valence-electron chi connectivity index (χ1n) is 11.6. The number of nitrogens with one attached hydrogen (secondary N) is 2. The maximum absolute atomic E-state index is 13.3. The molecule has 0 spiro atoms. The first-order valence-corrected chi connectivity index (χ1v) is 11.6. The number of hydrogen-bond donors (Lipinski definition) is 2. The number of methoxy groups -OCH3 is 3. The van der Waals surface area contributed by atoms with Gasteiger partial charge in [0.2, 0.25) is 5.75 Å². The van der Waals surface area contributed by atoms with Gasteiger partial charge in [-0.15, -0.1) is 0 Å². The van der Waals surface area contributed by atoms with Crippen LogP contribution in [0.25, 0.3) is 27.9 Å². The second-order valence-electron chi connectivity index (χ2n) is 8.09. The van der Waals surface area contributed by atoms with Crippen molar-refractivity contribution in [2.24, 2.45) is 0 Å². The van der Waals surface area contributed by atoms with E-state index in [1.54, 1.807) is 37.5 Å². The first kappa shape index (κ1) is 27.2. The van der Waals surface area contributed by atoms with Gasteiger partial charge in [-0.25, -0.2) is 14.5 Å². The molecule has 0 fully saturated rings. The van der Waals surface area contributed by atoms with Crippen LogP contribution in [0.2, 0.25) is 0 Å². The number of amides is 2. The molecular weight excluding hydrogens is 517 g/mol. The lowest BCUT2D eigenvalue weighted by molar-refractivity contribution is -0.141. The van der Waals surface area contributed by atoms with Gasteiger partial charge in [-0.2, -0.15) is 18.3 Å². The van der Waals surface area contributed by atoms with Crippen LogP contribution in [0.15, 0.2) is 55.1 Å². The molecule has 0 saturated carbocycles. The highest BCUT2D eigenvalue weighted by atomic mass is 19.4. The highest BCUT2D eigenvalue weighted by Gasteiger charge is 2.34. The van der Waals surface area contributed by atoms with Crippen molar-refractivity contribution < 1.29 is 32.2 Å². The fraction of sp³-hybridized carbons (Fsp3) is 0.231. The molecule has 0 bridgehead atoms. The van der Waals surface area contributed by atoms with Crippen LogP contribution in [0, 0.1) is 0 Å². The highest BCUT2D eigenvalue weighted by Crippen LogP contribution is 2.42. The van der Waals surface area contributed by atoms with Crippen LogP contribution >= 0.6 is 0 Å². The van der Waals surface area contributed by atoms with E-state index in [9.17, 15) is 18.0 Å². The maximum Gasteiger partial charge on any atom is 0.435 e. The molecule has 13 heteroatoms. The summed E-state index contributed by atoms with van der Waals surface area (Å²) in [6, 6.07) is 7.09. The number of carbonyl (C=O) groups is 1. The lowest BCUT2D eigenvalue weighted by atomic mass is 10.0. The average molecular weight is 543 g/mol. The van der Waals surface area contributed by atoms with Gasteiger partial charge in [-0.3, -0.25) is 10.3 Å². The minimum absolute atomic E-state index is 0.123. The Bertz CT molecular complexity index is 1460. The quantitative estimate of drug-likeness (QED) is 0.315. The van der Waals surface area contributed by atoms with Crippen molar-refractivity contribution in [3.8, 4) is 45.2 Å². The summed E-state index contributed by atoms with van der Waals surface area (Å²) in [5, 5.41) is 8.85. The largest absolute Gasteiger partial charge is 0.493 e. The number of ether oxygens (including phenoxy) is 3. The molecule has 0 aliphatic heterocycles. The summed E-state index contributed by atoms with van der Waals surface area (Å²) in [6.45, 7) is 2.13.